The Labute approximate surface area is 85.6 Å². The molecule has 2 atom stereocenters. The maximum atomic E-state index is 10.5. The molecule has 14 heavy (non-hydrogen) atoms. The lowest BCUT2D eigenvalue weighted by molar-refractivity contribution is -0.141. The minimum Gasteiger partial charge on any atom is -0.480 e. The molecule has 0 rings (SSSR count). The van der Waals surface area contributed by atoms with E-state index < -0.39 is 23.5 Å². The summed E-state index contributed by atoms with van der Waals surface area (Å²) >= 11 is 1.11. The first-order chi connectivity index (χ1) is 6.27. The van der Waals surface area contributed by atoms with Crippen LogP contribution in [0.25, 0.3) is 0 Å². The maximum Gasteiger partial charge on any atom is 0.324 e. The van der Waals surface area contributed by atoms with Crippen molar-refractivity contribution in [1.29, 1.82) is 0 Å². The van der Waals surface area contributed by atoms with Crippen molar-refractivity contribution in [3.05, 3.63) is 0 Å². The molecule has 0 amide bonds. The van der Waals surface area contributed by atoms with E-state index in [0.29, 0.717) is 0 Å². The number of aliphatic carboxylic acids is 2. The quantitative estimate of drug-likeness (QED) is 0.451. The van der Waals surface area contributed by atoms with E-state index in [1.54, 1.807) is 0 Å². The van der Waals surface area contributed by atoms with Gasteiger partial charge in [0.25, 0.3) is 0 Å². The number of carboxylic acid groups (broad SMARTS) is 2. The number of carbonyl (C=O) groups is 2. The van der Waals surface area contributed by atoms with E-state index in [-0.39, 0.29) is 11.5 Å². The van der Waals surface area contributed by atoms with Crippen molar-refractivity contribution in [2.45, 2.75) is 18.5 Å². The van der Waals surface area contributed by atoms with E-state index in [1.807, 2.05) is 0 Å². The second kappa shape index (κ2) is 5.18. The molecule has 0 spiro atoms. The fourth-order valence-corrected chi connectivity index (χ4v) is 1.59. The van der Waals surface area contributed by atoms with Gasteiger partial charge >= 0.3 is 11.9 Å². The lowest BCUT2D eigenvalue weighted by Crippen LogP contribution is -2.47. The molecule has 7 heteroatoms. The Bertz CT molecular complexity index is 232. The van der Waals surface area contributed by atoms with Crippen molar-refractivity contribution in [3.8, 4) is 0 Å². The molecule has 6 N–H and O–H groups in total. The molecule has 0 aliphatic carbocycles. The second-order valence-corrected chi connectivity index (χ2v) is 4.21. The van der Waals surface area contributed by atoms with Gasteiger partial charge in [-0.3, -0.25) is 9.59 Å². The van der Waals surface area contributed by atoms with Crippen molar-refractivity contribution in [3.63, 3.8) is 0 Å². The van der Waals surface area contributed by atoms with Crippen LogP contribution < -0.4 is 11.5 Å². The molecule has 0 bridgehead atoms. The molecule has 0 aromatic heterocycles. The Morgan fingerprint density at radius 3 is 2.36 bits per heavy atom. The SMILES string of the molecule is C[C@](N)(CSCC(N)C(=O)O)C(=O)O. The number of thioether (sulfide) groups is 1. The molecule has 0 aliphatic rings. The van der Waals surface area contributed by atoms with Crippen molar-refractivity contribution >= 4 is 23.7 Å². The zero-order valence-corrected chi connectivity index (χ0v) is 8.58. The van der Waals surface area contributed by atoms with Crippen molar-refractivity contribution < 1.29 is 19.8 Å². The third-order valence-corrected chi connectivity index (χ3v) is 2.90. The minimum absolute atomic E-state index is 0.128. The Balaban J connectivity index is 3.85. The van der Waals surface area contributed by atoms with Crippen molar-refractivity contribution in [2.24, 2.45) is 11.5 Å². The van der Waals surface area contributed by atoms with Gasteiger partial charge in [-0.1, -0.05) is 0 Å². The zero-order valence-electron chi connectivity index (χ0n) is 7.77. The van der Waals surface area contributed by atoms with E-state index >= 15 is 0 Å². The van der Waals surface area contributed by atoms with Crippen LogP contribution in [-0.4, -0.2) is 45.2 Å². The number of nitrogens with two attached hydrogens (primary N) is 2. The zero-order chi connectivity index (χ0) is 11.4. The first-order valence-corrected chi connectivity index (χ1v) is 5.01. The summed E-state index contributed by atoms with van der Waals surface area (Å²) in [4.78, 5) is 20.8. The minimum atomic E-state index is -1.34. The summed E-state index contributed by atoms with van der Waals surface area (Å²) in [5.74, 6) is -1.95. The molecule has 82 valence electrons. The number of hydrogen-bond acceptors (Lipinski definition) is 5. The van der Waals surface area contributed by atoms with Crippen molar-refractivity contribution in [1.82, 2.24) is 0 Å². The van der Waals surface area contributed by atoms with Gasteiger partial charge in [0.15, 0.2) is 0 Å². The van der Waals surface area contributed by atoms with Crippen LogP contribution in [0.2, 0.25) is 0 Å². The summed E-state index contributed by atoms with van der Waals surface area (Å²) in [7, 11) is 0. The van der Waals surface area contributed by atoms with Gasteiger partial charge < -0.3 is 21.7 Å². The molecule has 0 fully saturated rings. The highest BCUT2D eigenvalue weighted by Gasteiger charge is 2.28. The molecular formula is C7H14N2O4S. The number of rotatable bonds is 6. The summed E-state index contributed by atoms with van der Waals surface area (Å²) in [5, 5.41) is 17.1. The van der Waals surface area contributed by atoms with Crippen molar-refractivity contribution in [2.75, 3.05) is 11.5 Å². The third kappa shape index (κ3) is 4.45. The highest BCUT2D eigenvalue weighted by atomic mass is 32.2. The van der Waals surface area contributed by atoms with E-state index in [4.69, 9.17) is 21.7 Å². The lowest BCUT2D eigenvalue weighted by atomic mass is 10.1. The summed E-state index contributed by atoms with van der Waals surface area (Å²) in [6.07, 6.45) is 0. The van der Waals surface area contributed by atoms with E-state index in [1.165, 1.54) is 6.92 Å². The largest absolute Gasteiger partial charge is 0.480 e. The predicted octanol–water partition coefficient (Wildman–Crippen LogP) is -1.07. The van der Waals surface area contributed by atoms with Gasteiger partial charge in [0.2, 0.25) is 0 Å². The fraction of sp³-hybridized carbons (Fsp3) is 0.714. The summed E-state index contributed by atoms with van der Waals surface area (Å²) in [5.41, 5.74) is 9.28. The summed E-state index contributed by atoms with van der Waals surface area (Å²) < 4.78 is 0. The molecule has 1 unspecified atom stereocenters. The normalized spacial score (nSPS) is 17.1. The summed E-state index contributed by atoms with van der Waals surface area (Å²) in [6.45, 7) is 1.37. The number of hydrogen-bond donors (Lipinski definition) is 4. The Morgan fingerprint density at radius 2 is 2.00 bits per heavy atom. The van der Waals surface area contributed by atoms with Crippen LogP contribution in [0.5, 0.6) is 0 Å². The first-order valence-electron chi connectivity index (χ1n) is 3.86. The molecule has 0 saturated heterocycles. The monoisotopic (exact) mass is 222 g/mol. The highest BCUT2D eigenvalue weighted by molar-refractivity contribution is 7.99. The highest BCUT2D eigenvalue weighted by Crippen LogP contribution is 2.11. The van der Waals surface area contributed by atoms with Gasteiger partial charge in [0.1, 0.15) is 11.6 Å². The van der Waals surface area contributed by atoms with E-state index in [2.05, 4.69) is 0 Å². The van der Waals surface area contributed by atoms with Crippen LogP contribution in [0.3, 0.4) is 0 Å². The van der Waals surface area contributed by atoms with Gasteiger partial charge in [0.05, 0.1) is 0 Å². The van der Waals surface area contributed by atoms with Gasteiger partial charge in [0, 0.05) is 11.5 Å². The Hall–Kier alpha value is -0.790. The average molecular weight is 222 g/mol. The van der Waals surface area contributed by atoms with Gasteiger partial charge in [-0.2, -0.15) is 11.8 Å². The fourth-order valence-electron chi connectivity index (χ4n) is 0.531. The second-order valence-electron chi connectivity index (χ2n) is 3.18. The molecule has 0 saturated carbocycles. The molecule has 0 aromatic carbocycles. The maximum absolute atomic E-state index is 10.5. The Morgan fingerprint density at radius 1 is 1.50 bits per heavy atom. The van der Waals surface area contributed by atoms with Gasteiger partial charge in [-0.05, 0) is 6.92 Å². The smallest absolute Gasteiger partial charge is 0.324 e. The third-order valence-electron chi connectivity index (χ3n) is 1.51. The molecule has 0 radical (unpaired) electrons. The van der Waals surface area contributed by atoms with Crippen LogP contribution in [0.4, 0.5) is 0 Å². The first kappa shape index (κ1) is 13.2. The topological polar surface area (TPSA) is 127 Å². The molecule has 0 aromatic rings. The number of carboxylic acids is 2. The predicted molar refractivity (Wildman–Crippen MR) is 53.2 cm³/mol. The van der Waals surface area contributed by atoms with E-state index in [0.717, 1.165) is 11.8 Å². The van der Waals surface area contributed by atoms with Crippen LogP contribution in [0.1, 0.15) is 6.92 Å². The van der Waals surface area contributed by atoms with E-state index in [9.17, 15) is 9.59 Å². The molecular weight excluding hydrogens is 208 g/mol. The van der Waals surface area contributed by atoms with Crippen LogP contribution in [0.15, 0.2) is 0 Å². The average Bonchev–Trinajstić information content (AvgIpc) is 2.03. The molecule has 0 aliphatic heterocycles. The van der Waals surface area contributed by atoms with Gasteiger partial charge in [-0.25, -0.2) is 0 Å². The Kier molecular flexibility index (Phi) is 4.89. The van der Waals surface area contributed by atoms with Crippen LogP contribution in [-0.2, 0) is 9.59 Å². The lowest BCUT2D eigenvalue weighted by Gasteiger charge is -2.18. The molecule has 6 nitrogen and oxygen atoms in total. The summed E-state index contributed by atoms with van der Waals surface area (Å²) in [6, 6.07) is -0.982. The van der Waals surface area contributed by atoms with Crippen LogP contribution in [0, 0.1) is 0 Å². The van der Waals surface area contributed by atoms with Gasteiger partial charge in [-0.15, -0.1) is 0 Å². The molecule has 0 heterocycles. The standard InChI is InChI=1S/C7H14N2O4S/c1-7(9,6(12)13)3-14-2-4(8)5(10)11/h4H,2-3,8-9H2,1H3,(H,10,11)(H,12,13)/t4?,7-/m0/s1. The van der Waals surface area contributed by atoms with Crippen LogP contribution >= 0.6 is 11.8 Å².